The fourth-order valence-electron chi connectivity index (χ4n) is 1.59. The van der Waals surface area contributed by atoms with Gasteiger partial charge in [0.1, 0.15) is 0 Å². The van der Waals surface area contributed by atoms with Gasteiger partial charge in [-0.15, -0.1) is 0 Å². The van der Waals surface area contributed by atoms with Gasteiger partial charge in [-0.25, -0.2) is 12.7 Å². The lowest BCUT2D eigenvalue weighted by Gasteiger charge is -2.34. The lowest BCUT2D eigenvalue weighted by molar-refractivity contribution is 0.230. The third kappa shape index (κ3) is 5.27. The summed E-state index contributed by atoms with van der Waals surface area (Å²) in [4.78, 5) is 0. The van der Waals surface area contributed by atoms with Crippen LogP contribution >= 0.6 is 0 Å². The maximum Gasteiger partial charge on any atom is 0.211 e. The fourth-order valence-corrected chi connectivity index (χ4v) is 2.48. The number of nitrogens with zero attached hydrogens (tertiary/aromatic N) is 1. The smallest absolute Gasteiger partial charge is 0.211 e. The lowest BCUT2D eigenvalue weighted by atomic mass is 9.86. The largest absolute Gasteiger partial charge is 0.312 e. The monoisotopic (exact) mass is 250 g/mol. The van der Waals surface area contributed by atoms with E-state index in [-0.39, 0.29) is 11.5 Å². The van der Waals surface area contributed by atoms with Crippen molar-refractivity contribution in [2.75, 3.05) is 25.9 Å². The summed E-state index contributed by atoms with van der Waals surface area (Å²) in [7, 11) is -3.10. The van der Waals surface area contributed by atoms with Crippen molar-refractivity contribution >= 4 is 10.0 Å². The molecule has 0 aromatic carbocycles. The summed E-state index contributed by atoms with van der Waals surface area (Å²) in [6.45, 7) is 12.2. The molecule has 16 heavy (non-hydrogen) atoms. The summed E-state index contributed by atoms with van der Waals surface area (Å²) in [5.74, 6) is 0. The van der Waals surface area contributed by atoms with E-state index in [1.54, 1.807) is 0 Å². The molecule has 0 unspecified atom stereocenters. The van der Waals surface area contributed by atoms with Crippen LogP contribution in [0.4, 0.5) is 0 Å². The van der Waals surface area contributed by atoms with Gasteiger partial charge in [-0.1, -0.05) is 34.6 Å². The van der Waals surface area contributed by atoms with Crippen molar-refractivity contribution in [3.63, 3.8) is 0 Å². The van der Waals surface area contributed by atoms with E-state index in [4.69, 9.17) is 0 Å². The molecule has 0 fully saturated rings. The fraction of sp³-hybridized carbons (Fsp3) is 1.00. The van der Waals surface area contributed by atoms with Crippen LogP contribution in [0.25, 0.3) is 0 Å². The molecule has 0 rings (SSSR count). The molecule has 4 nitrogen and oxygen atoms in total. The van der Waals surface area contributed by atoms with Crippen LogP contribution in [0.3, 0.4) is 0 Å². The van der Waals surface area contributed by atoms with Gasteiger partial charge < -0.3 is 5.32 Å². The molecule has 0 aromatic heterocycles. The van der Waals surface area contributed by atoms with Gasteiger partial charge in [0.2, 0.25) is 10.0 Å². The highest BCUT2D eigenvalue weighted by atomic mass is 32.2. The first-order valence-electron chi connectivity index (χ1n) is 5.81. The Morgan fingerprint density at radius 2 is 1.75 bits per heavy atom. The van der Waals surface area contributed by atoms with E-state index in [1.165, 1.54) is 10.6 Å². The highest BCUT2D eigenvalue weighted by Gasteiger charge is 2.28. The summed E-state index contributed by atoms with van der Waals surface area (Å²) in [5.41, 5.74) is 0.0497. The molecule has 0 saturated heterocycles. The maximum absolute atomic E-state index is 11.5. The SMILES string of the molecule is CCN[C@H](CN(CC)S(C)(=O)=O)C(C)(C)C. The number of rotatable bonds is 6. The predicted molar refractivity (Wildman–Crippen MR) is 69.0 cm³/mol. The van der Waals surface area contributed by atoms with Crippen molar-refractivity contribution in [2.24, 2.45) is 5.41 Å². The normalized spacial score (nSPS) is 15.4. The number of likely N-dealkylation sites (N-methyl/N-ethyl adjacent to an activating group) is 2. The highest BCUT2D eigenvalue weighted by Crippen LogP contribution is 2.20. The van der Waals surface area contributed by atoms with E-state index in [0.717, 1.165) is 6.54 Å². The Bertz CT molecular complexity index is 294. The third-order valence-corrected chi connectivity index (χ3v) is 4.05. The molecule has 1 N–H and O–H groups in total. The second-order valence-corrected chi connectivity index (χ2v) is 7.17. The van der Waals surface area contributed by atoms with E-state index < -0.39 is 10.0 Å². The van der Waals surface area contributed by atoms with Crippen LogP contribution in [0.2, 0.25) is 0 Å². The van der Waals surface area contributed by atoms with E-state index >= 15 is 0 Å². The van der Waals surface area contributed by atoms with Crippen LogP contribution < -0.4 is 5.32 Å². The molecule has 1 atom stereocenters. The van der Waals surface area contributed by atoms with Gasteiger partial charge in [0.05, 0.1) is 6.26 Å². The Hall–Kier alpha value is -0.130. The van der Waals surface area contributed by atoms with E-state index in [1.807, 2.05) is 13.8 Å². The molecule has 0 amide bonds. The summed E-state index contributed by atoms with van der Waals surface area (Å²) in [6, 6.07) is 0.173. The Morgan fingerprint density at radius 1 is 1.25 bits per heavy atom. The Morgan fingerprint density at radius 3 is 2.00 bits per heavy atom. The Balaban J connectivity index is 4.74. The molecule has 0 spiro atoms. The first-order chi connectivity index (χ1) is 7.12. The molecule has 98 valence electrons. The molecular formula is C11H26N2O2S. The van der Waals surface area contributed by atoms with Crippen molar-refractivity contribution in [3.8, 4) is 0 Å². The zero-order chi connectivity index (χ0) is 13.0. The second-order valence-electron chi connectivity index (χ2n) is 5.19. The predicted octanol–water partition coefficient (Wildman–Crippen LogP) is 1.29. The van der Waals surface area contributed by atoms with Gasteiger partial charge in [0, 0.05) is 19.1 Å². The molecule has 0 aliphatic heterocycles. The van der Waals surface area contributed by atoms with Crippen molar-refractivity contribution in [1.29, 1.82) is 0 Å². The summed E-state index contributed by atoms with van der Waals surface area (Å²) in [6.07, 6.45) is 1.27. The van der Waals surface area contributed by atoms with E-state index in [9.17, 15) is 8.42 Å². The quantitative estimate of drug-likeness (QED) is 0.773. The number of hydrogen-bond acceptors (Lipinski definition) is 3. The van der Waals surface area contributed by atoms with Crippen molar-refractivity contribution in [1.82, 2.24) is 9.62 Å². The average molecular weight is 250 g/mol. The molecular weight excluding hydrogens is 224 g/mol. The zero-order valence-corrected chi connectivity index (χ0v) is 12.2. The maximum atomic E-state index is 11.5. The van der Waals surface area contributed by atoms with Crippen molar-refractivity contribution in [2.45, 2.75) is 40.7 Å². The minimum absolute atomic E-state index is 0.0497. The van der Waals surface area contributed by atoms with Gasteiger partial charge in [-0.3, -0.25) is 0 Å². The summed E-state index contributed by atoms with van der Waals surface area (Å²) >= 11 is 0. The number of hydrogen-bond donors (Lipinski definition) is 1. The Labute approximate surface area is 100 Å². The molecule has 0 aliphatic carbocycles. The molecule has 0 radical (unpaired) electrons. The molecule has 0 heterocycles. The van der Waals surface area contributed by atoms with Crippen LogP contribution in [0.15, 0.2) is 0 Å². The van der Waals surface area contributed by atoms with E-state index in [2.05, 4.69) is 26.1 Å². The summed E-state index contributed by atoms with van der Waals surface area (Å²) in [5, 5.41) is 3.35. The van der Waals surface area contributed by atoms with Crippen molar-refractivity contribution < 1.29 is 8.42 Å². The van der Waals surface area contributed by atoms with Crippen LogP contribution in [0.1, 0.15) is 34.6 Å². The number of nitrogens with one attached hydrogen (secondary N) is 1. The molecule has 5 heteroatoms. The number of sulfonamides is 1. The molecule has 0 aliphatic rings. The van der Waals surface area contributed by atoms with E-state index in [0.29, 0.717) is 13.1 Å². The van der Waals surface area contributed by atoms with Gasteiger partial charge in [-0.2, -0.15) is 0 Å². The standard InChI is InChI=1S/C11H26N2O2S/c1-7-12-10(11(3,4)5)9-13(8-2)16(6,14)15/h10,12H,7-9H2,1-6H3/t10-/m1/s1. The van der Waals surface area contributed by atoms with Crippen LogP contribution in [0, 0.1) is 5.41 Å². The highest BCUT2D eigenvalue weighted by molar-refractivity contribution is 7.88. The zero-order valence-electron chi connectivity index (χ0n) is 11.4. The average Bonchev–Trinajstić information content (AvgIpc) is 2.07. The second kappa shape index (κ2) is 5.98. The lowest BCUT2D eigenvalue weighted by Crippen LogP contribution is -2.49. The molecule has 0 aromatic rings. The minimum atomic E-state index is -3.10. The van der Waals surface area contributed by atoms with Crippen LogP contribution in [-0.4, -0.2) is 44.7 Å². The van der Waals surface area contributed by atoms with Gasteiger partial charge in [0.15, 0.2) is 0 Å². The van der Waals surface area contributed by atoms with Gasteiger partial charge >= 0.3 is 0 Å². The van der Waals surface area contributed by atoms with Crippen LogP contribution in [-0.2, 0) is 10.0 Å². The first kappa shape index (κ1) is 15.9. The Kier molecular flexibility index (Phi) is 5.93. The van der Waals surface area contributed by atoms with Gasteiger partial charge in [0.25, 0.3) is 0 Å². The van der Waals surface area contributed by atoms with Gasteiger partial charge in [-0.05, 0) is 12.0 Å². The minimum Gasteiger partial charge on any atom is -0.312 e. The first-order valence-corrected chi connectivity index (χ1v) is 7.66. The molecule has 0 bridgehead atoms. The van der Waals surface area contributed by atoms with Crippen molar-refractivity contribution in [3.05, 3.63) is 0 Å². The topological polar surface area (TPSA) is 49.4 Å². The summed E-state index contributed by atoms with van der Waals surface area (Å²) < 4.78 is 24.6. The third-order valence-electron chi connectivity index (χ3n) is 2.70. The molecule has 0 saturated carbocycles. The van der Waals surface area contributed by atoms with Crippen LogP contribution in [0.5, 0.6) is 0 Å².